The summed E-state index contributed by atoms with van der Waals surface area (Å²) in [7, 11) is 1.35. The Balaban J connectivity index is 1.86. The van der Waals surface area contributed by atoms with Crippen molar-refractivity contribution in [2.45, 2.75) is 6.29 Å². The fourth-order valence-electron chi connectivity index (χ4n) is 1.94. The minimum absolute atomic E-state index is 0.394. The van der Waals surface area contributed by atoms with Crippen molar-refractivity contribution in [3.63, 3.8) is 0 Å². The van der Waals surface area contributed by atoms with Gasteiger partial charge in [-0.3, -0.25) is 0 Å². The standard InChI is InChI=1S/C15H12O4/c1-17-14(16)11-7-8-12-13(9-11)19-15(18-12)10-5-3-2-4-6-10/h2-9,15H,1H3. The molecular formula is C15H12O4. The topological polar surface area (TPSA) is 44.8 Å². The van der Waals surface area contributed by atoms with Crippen LogP contribution >= 0.6 is 0 Å². The first kappa shape index (κ1) is 11.6. The first-order valence-corrected chi connectivity index (χ1v) is 5.88. The van der Waals surface area contributed by atoms with Crippen LogP contribution in [0.25, 0.3) is 0 Å². The van der Waals surface area contributed by atoms with Crippen molar-refractivity contribution >= 4 is 5.97 Å². The van der Waals surface area contributed by atoms with Gasteiger partial charge in [-0.15, -0.1) is 0 Å². The monoisotopic (exact) mass is 256 g/mol. The number of rotatable bonds is 2. The fourth-order valence-corrected chi connectivity index (χ4v) is 1.94. The molecule has 0 aromatic heterocycles. The second-order valence-electron chi connectivity index (χ2n) is 4.13. The number of fused-ring (bicyclic) bond motifs is 1. The lowest BCUT2D eigenvalue weighted by Crippen LogP contribution is -2.07. The van der Waals surface area contributed by atoms with E-state index in [1.54, 1.807) is 18.2 Å². The molecule has 0 bridgehead atoms. The minimum atomic E-state index is -0.468. The lowest BCUT2D eigenvalue weighted by molar-refractivity contribution is 0.0484. The summed E-state index contributed by atoms with van der Waals surface area (Å²) in [6.07, 6.45) is -0.468. The number of carbonyl (C=O) groups excluding carboxylic acids is 1. The Morgan fingerprint density at radius 2 is 1.79 bits per heavy atom. The van der Waals surface area contributed by atoms with E-state index in [0.717, 1.165) is 5.56 Å². The van der Waals surface area contributed by atoms with Crippen LogP contribution in [0, 0.1) is 0 Å². The average Bonchev–Trinajstić information content (AvgIpc) is 2.90. The van der Waals surface area contributed by atoms with Gasteiger partial charge in [-0.25, -0.2) is 4.79 Å². The maximum absolute atomic E-state index is 11.4. The van der Waals surface area contributed by atoms with Crippen LogP contribution in [0.5, 0.6) is 11.5 Å². The van der Waals surface area contributed by atoms with Gasteiger partial charge in [-0.2, -0.15) is 0 Å². The molecule has 1 aliphatic rings. The molecule has 19 heavy (non-hydrogen) atoms. The van der Waals surface area contributed by atoms with Crippen molar-refractivity contribution in [1.29, 1.82) is 0 Å². The van der Waals surface area contributed by atoms with Crippen LogP contribution < -0.4 is 9.47 Å². The van der Waals surface area contributed by atoms with Crippen molar-refractivity contribution in [1.82, 2.24) is 0 Å². The Bertz CT molecular complexity index is 607. The van der Waals surface area contributed by atoms with Gasteiger partial charge in [-0.05, 0) is 18.2 Å². The summed E-state index contributed by atoms with van der Waals surface area (Å²) in [4.78, 5) is 11.4. The van der Waals surface area contributed by atoms with Crippen LogP contribution in [-0.2, 0) is 4.74 Å². The van der Waals surface area contributed by atoms with Crippen molar-refractivity contribution in [3.05, 3.63) is 59.7 Å². The molecule has 96 valence electrons. The third-order valence-corrected chi connectivity index (χ3v) is 2.90. The summed E-state index contributed by atoms with van der Waals surface area (Å²) in [6.45, 7) is 0. The lowest BCUT2D eigenvalue weighted by Gasteiger charge is -2.09. The molecule has 4 nitrogen and oxygen atoms in total. The molecule has 0 radical (unpaired) electrons. The minimum Gasteiger partial charge on any atom is -0.465 e. The summed E-state index contributed by atoms with van der Waals surface area (Å²) in [5.41, 5.74) is 1.37. The van der Waals surface area contributed by atoms with E-state index in [1.165, 1.54) is 7.11 Å². The van der Waals surface area contributed by atoms with Gasteiger partial charge in [0.05, 0.1) is 12.7 Å². The molecule has 1 aliphatic heterocycles. The van der Waals surface area contributed by atoms with Gasteiger partial charge in [0, 0.05) is 5.56 Å². The van der Waals surface area contributed by atoms with Gasteiger partial charge >= 0.3 is 5.97 Å². The zero-order valence-corrected chi connectivity index (χ0v) is 10.3. The van der Waals surface area contributed by atoms with Crippen molar-refractivity contribution in [2.24, 2.45) is 0 Å². The third kappa shape index (κ3) is 2.12. The number of methoxy groups -OCH3 is 1. The van der Waals surface area contributed by atoms with E-state index >= 15 is 0 Å². The molecule has 3 rings (SSSR count). The van der Waals surface area contributed by atoms with Crippen LogP contribution in [0.3, 0.4) is 0 Å². The zero-order valence-electron chi connectivity index (χ0n) is 10.3. The molecule has 1 heterocycles. The molecule has 1 unspecified atom stereocenters. The number of carbonyl (C=O) groups is 1. The normalized spacial score (nSPS) is 16.2. The highest BCUT2D eigenvalue weighted by Crippen LogP contribution is 2.40. The number of hydrogen-bond donors (Lipinski definition) is 0. The number of esters is 1. The molecule has 0 saturated heterocycles. The smallest absolute Gasteiger partial charge is 0.337 e. The van der Waals surface area contributed by atoms with E-state index in [9.17, 15) is 4.79 Å². The number of hydrogen-bond acceptors (Lipinski definition) is 4. The largest absolute Gasteiger partial charge is 0.465 e. The van der Waals surface area contributed by atoms with E-state index in [1.807, 2.05) is 30.3 Å². The van der Waals surface area contributed by atoms with E-state index in [4.69, 9.17) is 9.47 Å². The maximum Gasteiger partial charge on any atom is 0.337 e. The first-order chi connectivity index (χ1) is 9.28. The van der Waals surface area contributed by atoms with E-state index in [2.05, 4.69) is 4.74 Å². The Kier molecular flexibility index (Phi) is 2.83. The summed E-state index contributed by atoms with van der Waals surface area (Å²) in [6, 6.07) is 14.6. The molecule has 2 aromatic carbocycles. The molecule has 4 heteroatoms. The molecule has 1 atom stereocenters. The summed E-state index contributed by atoms with van der Waals surface area (Å²) in [5.74, 6) is 0.785. The highest BCUT2D eigenvalue weighted by atomic mass is 16.7. The molecule has 0 saturated carbocycles. The van der Waals surface area contributed by atoms with Crippen LogP contribution in [0.2, 0.25) is 0 Å². The molecule has 2 aromatic rings. The van der Waals surface area contributed by atoms with Crippen LogP contribution in [0.4, 0.5) is 0 Å². The number of ether oxygens (including phenoxy) is 3. The highest BCUT2D eigenvalue weighted by molar-refractivity contribution is 5.90. The quantitative estimate of drug-likeness (QED) is 0.775. The Morgan fingerprint density at radius 3 is 2.53 bits per heavy atom. The molecule has 0 amide bonds. The first-order valence-electron chi connectivity index (χ1n) is 5.88. The van der Waals surface area contributed by atoms with Gasteiger partial charge in [0.1, 0.15) is 0 Å². The predicted octanol–water partition coefficient (Wildman–Crippen LogP) is 2.94. The second-order valence-corrected chi connectivity index (χ2v) is 4.13. The van der Waals surface area contributed by atoms with Gasteiger partial charge in [0.25, 0.3) is 6.29 Å². The van der Waals surface area contributed by atoms with E-state index < -0.39 is 12.3 Å². The Hall–Kier alpha value is -2.49. The van der Waals surface area contributed by atoms with Gasteiger partial charge < -0.3 is 14.2 Å². The van der Waals surface area contributed by atoms with Gasteiger partial charge in [0.2, 0.25) is 0 Å². The SMILES string of the molecule is COC(=O)c1ccc2c(c1)OC(c1ccccc1)O2. The van der Waals surface area contributed by atoms with Crippen molar-refractivity contribution in [2.75, 3.05) is 7.11 Å². The Labute approximate surface area is 110 Å². The van der Waals surface area contributed by atoms with E-state index in [0.29, 0.717) is 17.1 Å². The molecule has 0 spiro atoms. The van der Waals surface area contributed by atoms with Crippen LogP contribution in [0.15, 0.2) is 48.5 Å². The second kappa shape index (κ2) is 4.65. The molecule has 0 N–H and O–H groups in total. The summed E-state index contributed by atoms with van der Waals surface area (Å²) in [5, 5.41) is 0. The molecule has 0 fully saturated rings. The zero-order chi connectivity index (χ0) is 13.2. The maximum atomic E-state index is 11.4. The highest BCUT2D eigenvalue weighted by Gasteiger charge is 2.26. The summed E-state index contributed by atoms with van der Waals surface area (Å²) < 4.78 is 16.1. The third-order valence-electron chi connectivity index (χ3n) is 2.90. The predicted molar refractivity (Wildman–Crippen MR) is 68.2 cm³/mol. The van der Waals surface area contributed by atoms with Gasteiger partial charge in [0.15, 0.2) is 11.5 Å². The number of benzene rings is 2. The Morgan fingerprint density at radius 1 is 1.05 bits per heavy atom. The van der Waals surface area contributed by atoms with Crippen molar-refractivity contribution in [3.8, 4) is 11.5 Å². The van der Waals surface area contributed by atoms with Crippen LogP contribution in [0.1, 0.15) is 22.2 Å². The van der Waals surface area contributed by atoms with Gasteiger partial charge in [-0.1, -0.05) is 30.3 Å². The molecular weight excluding hydrogens is 244 g/mol. The summed E-state index contributed by atoms with van der Waals surface area (Å²) >= 11 is 0. The average molecular weight is 256 g/mol. The fraction of sp³-hybridized carbons (Fsp3) is 0.133. The van der Waals surface area contributed by atoms with Crippen molar-refractivity contribution < 1.29 is 19.0 Å². The van der Waals surface area contributed by atoms with Crippen LogP contribution in [-0.4, -0.2) is 13.1 Å². The lowest BCUT2D eigenvalue weighted by atomic mass is 10.2. The van der Waals surface area contributed by atoms with E-state index in [-0.39, 0.29) is 0 Å². The molecule has 0 aliphatic carbocycles.